The second-order valence-corrected chi connectivity index (χ2v) is 7.09. The second-order valence-electron chi connectivity index (χ2n) is 4.34. The van der Waals surface area contributed by atoms with Crippen LogP contribution in [0.2, 0.25) is 10.0 Å². The first-order chi connectivity index (χ1) is 8.41. The summed E-state index contributed by atoms with van der Waals surface area (Å²) in [4.78, 5) is 0.0858. The summed E-state index contributed by atoms with van der Waals surface area (Å²) >= 11 is 11.7. The van der Waals surface area contributed by atoms with Crippen molar-refractivity contribution in [3.63, 3.8) is 0 Å². The van der Waals surface area contributed by atoms with Gasteiger partial charge in [-0.05, 0) is 31.0 Å². The van der Waals surface area contributed by atoms with Crippen molar-refractivity contribution in [3.8, 4) is 0 Å². The number of halogens is 3. The summed E-state index contributed by atoms with van der Waals surface area (Å²) in [5.74, 6) is 0. The van der Waals surface area contributed by atoms with Gasteiger partial charge in [0.25, 0.3) is 0 Å². The van der Waals surface area contributed by atoms with Crippen molar-refractivity contribution in [1.82, 2.24) is 4.31 Å². The zero-order valence-corrected chi connectivity index (χ0v) is 13.2. The molecule has 1 aromatic carbocycles. The summed E-state index contributed by atoms with van der Waals surface area (Å²) in [6.07, 6.45) is 1.62. The highest BCUT2D eigenvalue weighted by Crippen LogP contribution is 2.28. The van der Waals surface area contributed by atoms with Gasteiger partial charge in [0, 0.05) is 24.2 Å². The molecule has 0 aromatic heterocycles. The molecule has 1 aliphatic heterocycles. The van der Waals surface area contributed by atoms with E-state index in [2.05, 4.69) is 0 Å². The summed E-state index contributed by atoms with van der Waals surface area (Å²) < 4.78 is 26.2. The van der Waals surface area contributed by atoms with E-state index < -0.39 is 10.0 Å². The monoisotopic (exact) mass is 344 g/mol. The molecule has 2 rings (SSSR count). The van der Waals surface area contributed by atoms with Gasteiger partial charge in [0.1, 0.15) is 4.90 Å². The zero-order chi connectivity index (χ0) is 13.3. The Labute approximate surface area is 129 Å². The third-order valence-corrected chi connectivity index (χ3v) is 5.52. The van der Waals surface area contributed by atoms with E-state index in [1.165, 1.54) is 22.5 Å². The van der Waals surface area contributed by atoms with E-state index in [-0.39, 0.29) is 28.4 Å². The molecule has 0 amide bonds. The molecule has 0 radical (unpaired) electrons. The molecule has 1 heterocycles. The molecule has 1 atom stereocenters. The van der Waals surface area contributed by atoms with Gasteiger partial charge in [-0.25, -0.2) is 8.42 Å². The van der Waals surface area contributed by atoms with Crippen LogP contribution in [0.1, 0.15) is 12.8 Å². The number of benzene rings is 1. The molecule has 8 heteroatoms. The highest BCUT2D eigenvalue weighted by Gasteiger charge is 2.30. The summed E-state index contributed by atoms with van der Waals surface area (Å²) in [5, 5.41) is 0.552. The van der Waals surface area contributed by atoms with Crippen LogP contribution in [0.3, 0.4) is 0 Å². The van der Waals surface area contributed by atoms with Crippen LogP contribution in [-0.2, 0) is 10.0 Å². The zero-order valence-electron chi connectivity index (χ0n) is 10.1. The van der Waals surface area contributed by atoms with E-state index >= 15 is 0 Å². The van der Waals surface area contributed by atoms with Crippen LogP contribution in [0.5, 0.6) is 0 Å². The lowest BCUT2D eigenvalue weighted by atomic mass is 10.1. The van der Waals surface area contributed by atoms with Gasteiger partial charge in [0.15, 0.2) is 0 Å². The van der Waals surface area contributed by atoms with E-state index in [1.807, 2.05) is 0 Å². The van der Waals surface area contributed by atoms with Crippen molar-refractivity contribution in [2.45, 2.75) is 23.8 Å². The van der Waals surface area contributed by atoms with Crippen molar-refractivity contribution in [1.29, 1.82) is 0 Å². The van der Waals surface area contributed by atoms with Gasteiger partial charge < -0.3 is 5.73 Å². The van der Waals surface area contributed by atoms with Gasteiger partial charge in [0.2, 0.25) is 10.0 Å². The predicted molar refractivity (Wildman–Crippen MR) is 79.7 cm³/mol. The Morgan fingerprint density at radius 1 is 1.32 bits per heavy atom. The maximum absolute atomic E-state index is 12.4. The molecule has 1 unspecified atom stereocenters. The first kappa shape index (κ1) is 17.0. The number of hydrogen-bond acceptors (Lipinski definition) is 3. The van der Waals surface area contributed by atoms with Gasteiger partial charge in [-0.1, -0.05) is 23.2 Å². The Hall–Kier alpha value is -0.0400. The molecule has 1 aromatic rings. The fraction of sp³-hybridized carbons (Fsp3) is 0.455. The molecule has 1 aliphatic rings. The average Bonchev–Trinajstić information content (AvgIpc) is 2.28. The Bertz CT molecular complexity index is 551. The molecule has 4 nitrogen and oxygen atoms in total. The highest BCUT2D eigenvalue weighted by molar-refractivity contribution is 7.89. The van der Waals surface area contributed by atoms with E-state index in [0.29, 0.717) is 18.1 Å². The third-order valence-electron chi connectivity index (χ3n) is 2.93. The fourth-order valence-electron chi connectivity index (χ4n) is 2.02. The first-order valence-corrected chi connectivity index (χ1v) is 7.81. The summed E-state index contributed by atoms with van der Waals surface area (Å²) in [7, 11) is -3.58. The van der Waals surface area contributed by atoms with Crippen LogP contribution in [0, 0.1) is 0 Å². The van der Waals surface area contributed by atoms with Crippen molar-refractivity contribution in [2.75, 3.05) is 13.1 Å². The maximum atomic E-state index is 12.4. The Morgan fingerprint density at radius 3 is 2.58 bits per heavy atom. The van der Waals surface area contributed by atoms with Crippen LogP contribution in [0.4, 0.5) is 0 Å². The van der Waals surface area contributed by atoms with Gasteiger partial charge in [-0.2, -0.15) is 4.31 Å². The molecule has 1 fully saturated rings. The Kier molecular flexibility index (Phi) is 5.92. The van der Waals surface area contributed by atoms with E-state index in [4.69, 9.17) is 28.9 Å². The predicted octanol–water partition coefficient (Wildman–Crippen LogP) is 2.53. The molecule has 0 bridgehead atoms. The lowest BCUT2D eigenvalue weighted by Crippen LogP contribution is -2.45. The van der Waals surface area contributed by atoms with E-state index in [9.17, 15) is 8.42 Å². The summed E-state index contributed by atoms with van der Waals surface area (Å²) in [5.41, 5.74) is 5.80. The number of nitrogens with zero attached hydrogens (tertiary/aromatic N) is 1. The number of nitrogens with two attached hydrogens (primary N) is 1. The molecule has 1 saturated heterocycles. The number of hydrogen-bond donors (Lipinski definition) is 1. The van der Waals surface area contributed by atoms with Crippen LogP contribution >= 0.6 is 35.6 Å². The molecular weight excluding hydrogens is 331 g/mol. The van der Waals surface area contributed by atoms with E-state index in [0.717, 1.165) is 12.8 Å². The first-order valence-electron chi connectivity index (χ1n) is 5.62. The standard InChI is InChI=1S/C11H14Cl2N2O2S.ClH/c12-8-3-4-11(10(13)6-8)18(16,17)15-5-1-2-9(14)7-15;/h3-4,6,9H,1-2,5,7,14H2;1H. The Morgan fingerprint density at radius 2 is 2.00 bits per heavy atom. The lowest BCUT2D eigenvalue weighted by Gasteiger charge is -2.30. The molecular formula is C11H15Cl3N2O2S. The van der Waals surface area contributed by atoms with Crippen molar-refractivity contribution >= 4 is 45.6 Å². The van der Waals surface area contributed by atoms with Crippen LogP contribution in [0.15, 0.2) is 23.1 Å². The number of sulfonamides is 1. The SMILES string of the molecule is Cl.NC1CCCN(S(=O)(=O)c2ccc(Cl)cc2Cl)C1. The largest absolute Gasteiger partial charge is 0.327 e. The Balaban J connectivity index is 0.00000180. The number of piperidine rings is 1. The molecule has 19 heavy (non-hydrogen) atoms. The molecule has 0 aliphatic carbocycles. The van der Waals surface area contributed by atoms with Gasteiger partial charge in [0.05, 0.1) is 5.02 Å². The van der Waals surface area contributed by atoms with Crippen molar-refractivity contribution in [3.05, 3.63) is 28.2 Å². The third kappa shape index (κ3) is 3.74. The van der Waals surface area contributed by atoms with Gasteiger partial charge in [-0.15, -0.1) is 12.4 Å². The van der Waals surface area contributed by atoms with Gasteiger partial charge in [-0.3, -0.25) is 0 Å². The van der Waals surface area contributed by atoms with Crippen molar-refractivity contribution < 1.29 is 8.42 Å². The molecule has 2 N–H and O–H groups in total. The minimum absolute atomic E-state index is 0. The van der Waals surface area contributed by atoms with Crippen LogP contribution in [0.25, 0.3) is 0 Å². The molecule has 108 valence electrons. The maximum Gasteiger partial charge on any atom is 0.244 e. The molecule has 0 saturated carbocycles. The quantitative estimate of drug-likeness (QED) is 0.896. The second kappa shape index (κ2) is 6.61. The summed E-state index contributed by atoms with van der Waals surface area (Å²) in [6, 6.07) is 4.27. The van der Waals surface area contributed by atoms with Gasteiger partial charge >= 0.3 is 0 Å². The van der Waals surface area contributed by atoms with Crippen LogP contribution < -0.4 is 5.73 Å². The topological polar surface area (TPSA) is 63.4 Å². The van der Waals surface area contributed by atoms with Crippen LogP contribution in [-0.4, -0.2) is 31.9 Å². The minimum Gasteiger partial charge on any atom is -0.327 e. The van der Waals surface area contributed by atoms with E-state index in [1.54, 1.807) is 0 Å². The average molecular weight is 346 g/mol. The number of rotatable bonds is 2. The lowest BCUT2D eigenvalue weighted by molar-refractivity contribution is 0.316. The summed E-state index contributed by atoms with van der Waals surface area (Å²) in [6.45, 7) is 0.816. The normalized spacial score (nSPS) is 20.9. The smallest absolute Gasteiger partial charge is 0.244 e. The molecule has 0 spiro atoms. The van der Waals surface area contributed by atoms with Crippen molar-refractivity contribution in [2.24, 2.45) is 5.73 Å². The fourth-order valence-corrected chi connectivity index (χ4v) is 4.30. The highest BCUT2D eigenvalue weighted by atomic mass is 35.5. The minimum atomic E-state index is -3.58.